The maximum Gasteiger partial charge on any atom is 0.104 e. The average molecular weight is 260 g/mol. The van der Waals surface area contributed by atoms with E-state index >= 15 is 0 Å². The number of morpholine rings is 1. The van der Waals surface area contributed by atoms with Crippen LogP contribution in [0.2, 0.25) is 0 Å². The van der Waals surface area contributed by atoms with Crippen LogP contribution in [-0.2, 0) is 4.74 Å². The van der Waals surface area contributed by atoms with E-state index in [0.717, 1.165) is 44.1 Å². The molecule has 0 aromatic carbocycles. The highest BCUT2D eigenvalue weighted by Crippen LogP contribution is 2.61. The van der Waals surface area contributed by atoms with Crippen molar-refractivity contribution in [1.29, 1.82) is 5.26 Å². The molecule has 3 nitrogen and oxygen atoms in total. The minimum absolute atomic E-state index is 0.157. The van der Waals surface area contributed by atoms with E-state index < -0.39 is 0 Å². The lowest BCUT2D eigenvalue weighted by atomic mass is 9.47. The predicted octanol–water partition coefficient (Wildman–Crippen LogP) is 2.43. The van der Waals surface area contributed by atoms with Crippen molar-refractivity contribution in [3.05, 3.63) is 0 Å². The van der Waals surface area contributed by atoms with Gasteiger partial charge in [-0.25, -0.2) is 0 Å². The minimum atomic E-state index is 0.157. The van der Waals surface area contributed by atoms with Crippen LogP contribution < -0.4 is 0 Å². The summed E-state index contributed by atoms with van der Waals surface area (Å²) < 4.78 is 5.46. The molecule has 0 aromatic heterocycles. The molecule has 3 heteroatoms. The van der Waals surface area contributed by atoms with Gasteiger partial charge in [0.25, 0.3) is 0 Å². The molecule has 4 aliphatic carbocycles. The first-order valence-electron chi connectivity index (χ1n) is 8.00. The first-order chi connectivity index (χ1) is 9.29. The van der Waals surface area contributed by atoms with E-state index in [1.165, 1.54) is 38.5 Å². The topological polar surface area (TPSA) is 36.3 Å². The lowest BCUT2D eigenvalue weighted by Crippen LogP contribution is -2.58. The van der Waals surface area contributed by atoms with Crippen LogP contribution in [0.25, 0.3) is 0 Å². The molecule has 0 spiro atoms. The molecule has 1 unspecified atom stereocenters. The second-order valence-electron chi connectivity index (χ2n) is 7.46. The molecule has 104 valence electrons. The molecule has 4 bridgehead atoms. The van der Waals surface area contributed by atoms with Gasteiger partial charge in [0.1, 0.15) is 6.04 Å². The van der Waals surface area contributed by atoms with Gasteiger partial charge in [-0.15, -0.1) is 0 Å². The Kier molecular flexibility index (Phi) is 2.86. The fourth-order valence-corrected chi connectivity index (χ4v) is 5.95. The Morgan fingerprint density at radius 3 is 2.00 bits per heavy atom. The highest BCUT2D eigenvalue weighted by Gasteiger charge is 2.55. The Labute approximate surface area is 115 Å². The molecular weight excluding hydrogens is 236 g/mol. The monoisotopic (exact) mass is 260 g/mol. The zero-order chi connectivity index (χ0) is 12.9. The van der Waals surface area contributed by atoms with Gasteiger partial charge in [0, 0.05) is 18.5 Å². The van der Waals surface area contributed by atoms with Crippen molar-refractivity contribution in [2.24, 2.45) is 23.2 Å². The third-order valence-corrected chi connectivity index (χ3v) is 6.20. The third kappa shape index (κ3) is 1.92. The summed E-state index contributed by atoms with van der Waals surface area (Å²) in [5.41, 5.74) is 0.334. The van der Waals surface area contributed by atoms with E-state index in [4.69, 9.17) is 4.74 Å². The van der Waals surface area contributed by atoms with Crippen molar-refractivity contribution in [3.8, 4) is 6.07 Å². The van der Waals surface area contributed by atoms with Gasteiger partial charge in [-0.2, -0.15) is 5.26 Å². The second-order valence-corrected chi connectivity index (χ2v) is 7.46. The summed E-state index contributed by atoms with van der Waals surface area (Å²) in [6.45, 7) is 3.54. The molecular formula is C16H24N2O. The molecule has 5 fully saturated rings. The Hall–Kier alpha value is -0.590. The molecule has 19 heavy (non-hydrogen) atoms. The molecule has 0 N–H and O–H groups in total. The summed E-state index contributed by atoms with van der Waals surface area (Å²) in [4.78, 5) is 2.43. The lowest BCUT2D eigenvalue weighted by molar-refractivity contribution is -0.100. The van der Waals surface area contributed by atoms with Crippen molar-refractivity contribution < 1.29 is 4.74 Å². The van der Waals surface area contributed by atoms with Gasteiger partial charge in [0.15, 0.2) is 0 Å². The SMILES string of the molecule is N#CC(N1CCOCC1)C12CC3CC(CC(C3)C1)C2. The standard InChI is InChI=1S/C16H24N2O/c17-11-15(18-1-3-19-4-2-18)16-8-12-5-13(9-16)7-14(6-12)10-16/h12-15H,1-10H2. The summed E-state index contributed by atoms with van der Waals surface area (Å²) in [5, 5.41) is 9.81. The van der Waals surface area contributed by atoms with Crippen molar-refractivity contribution >= 4 is 0 Å². The normalized spacial score (nSPS) is 47.0. The van der Waals surface area contributed by atoms with Crippen LogP contribution in [0, 0.1) is 34.5 Å². The zero-order valence-corrected chi connectivity index (χ0v) is 11.7. The van der Waals surface area contributed by atoms with Crippen molar-refractivity contribution in [2.45, 2.75) is 44.6 Å². The molecule has 1 saturated heterocycles. The molecule has 0 aromatic rings. The van der Waals surface area contributed by atoms with Crippen LogP contribution in [0.4, 0.5) is 0 Å². The van der Waals surface area contributed by atoms with Crippen LogP contribution in [-0.4, -0.2) is 37.2 Å². The second kappa shape index (κ2) is 4.46. The number of rotatable bonds is 2. The molecule has 1 atom stereocenters. The van der Waals surface area contributed by atoms with E-state index in [9.17, 15) is 5.26 Å². The maximum absolute atomic E-state index is 9.81. The molecule has 5 rings (SSSR count). The first kappa shape index (κ1) is 12.2. The zero-order valence-electron chi connectivity index (χ0n) is 11.7. The van der Waals surface area contributed by atoms with Crippen molar-refractivity contribution in [3.63, 3.8) is 0 Å². The van der Waals surface area contributed by atoms with Crippen LogP contribution in [0.15, 0.2) is 0 Å². The lowest BCUT2D eigenvalue weighted by Gasteiger charge is -2.59. The van der Waals surface area contributed by atoms with Gasteiger partial charge >= 0.3 is 0 Å². The fourth-order valence-electron chi connectivity index (χ4n) is 5.95. The number of ether oxygens (including phenoxy) is 1. The largest absolute Gasteiger partial charge is 0.379 e. The van der Waals surface area contributed by atoms with Crippen LogP contribution >= 0.6 is 0 Å². The Morgan fingerprint density at radius 2 is 1.53 bits per heavy atom. The van der Waals surface area contributed by atoms with E-state index in [1.54, 1.807) is 0 Å². The Bertz CT molecular complexity index is 359. The molecule has 5 aliphatic rings. The molecule has 0 radical (unpaired) electrons. The maximum atomic E-state index is 9.81. The highest BCUT2D eigenvalue weighted by atomic mass is 16.5. The Morgan fingerprint density at radius 1 is 1.00 bits per heavy atom. The quantitative estimate of drug-likeness (QED) is 0.765. The van der Waals surface area contributed by atoms with Gasteiger partial charge in [-0.05, 0) is 56.3 Å². The van der Waals surface area contributed by atoms with Crippen molar-refractivity contribution in [1.82, 2.24) is 4.90 Å². The van der Waals surface area contributed by atoms with Gasteiger partial charge < -0.3 is 4.74 Å². The number of hydrogen-bond acceptors (Lipinski definition) is 3. The average Bonchev–Trinajstić information content (AvgIpc) is 2.38. The summed E-state index contributed by atoms with van der Waals surface area (Å²) in [7, 11) is 0. The molecule has 1 heterocycles. The summed E-state index contributed by atoms with van der Waals surface area (Å²) >= 11 is 0. The van der Waals surface area contributed by atoms with Crippen LogP contribution in [0.5, 0.6) is 0 Å². The van der Waals surface area contributed by atoms with E-state index in [-0.39, 0.29) is 6.04 Å². The Balaban J connectivity index is 1.60. The highest BCUT2D eigenvalue weighted by molar-refractivity contribution is 5.13. The van der Waals surface area contributed by atoms with Gasteiger partial charge in [-0.3, -0.25) is 4.90 Å². The van der Waals surface area contributed by atoms with E-state index in [1.807, 2.05) is 0 Å². The predicted molar refractivity (Wildman–Crippen MR) is 72.4 cm³/mol. The van der Waals surface area contributed by atoms with Crippen LogP contribution in [0.1, 0.15) is 38.5 Å². The van der Waals surface area contributed by atoms with Gasteiger partial charge in [0.2, 0.25) is 0 Å². The summed E-state index contributed by atoms with van der Waals surface area (Å²) in [6.07, 6.45) is 8.36. The number of nitriles is 1. The van der Waals surface area contributed by atoms with E-state index in [0.29, 0.717) is 5.41 Å². The summed E-state index contributed by atoms with van der Waals surface area (Å²) in [6, 6.07) is 2.86. The van der Waals surface area contributed by atoms with Gasteiger partial charge in [0.05, 0.1) is 19.3 Å². The van der Waals surface area contributed by atoms with Crippen molar-refractivity contribution in [2.75, 3.05) is 26.3 Å². The fraction of sp³-hybridized carbons (Fsp3) is 0.938. The minimum Gasteiger partial charge on any atom is -0.379 e. The van der Waals surface area contributed by atoms with Gasteiger partial charge in [-0.1, -0.05) is 0 Å². The molecule has 0 amide bonds. The number of nitrogens with zero attached hydrogens (tertiary/aromatic N) is 2. The molecule has 4 saturated carbocycles. The van der Waals surface area contributed by atoms with E-state index in [2.05, 4.69) is 11.0 Å². The molecule has 1 aliphatic heterocycles. The number of hydrogen-bond donors (Lipinski definition) is 0. The first-order valence-corrected chi connectivity index (χ1v) is 8.00. The third-order valence-electron chi connectivity index (χ3n) is 6.20. The summed E-state index contributed by atoms with van der Waals surface area (Å²) in [5.74, 6) is 2.80. The van der Waals surface area contributed by atoms with Crippen LogP contribution in [0.3, 0.4) is 0 Å². The smallest absolute Gasteiger partial charge is 0.104 e.